The first kappa shape index (κ1) is 13.9. The molecule has 0 aromatic carbocycles. The average molecular weight is 297 g/mol. The fourth-order valence-electron chi connectivity index (χ4n) is 1.26. The van der Waals surface area contributed by atoms with Gasteiger partial charge in [0.1, 0.15) is 0 Å². The molecule has 1 aliphatic carbocycles. The second-order valence-corrected chi connectivity index (χ2v) is 6.78. The molecule has 0 aliphatic heterocycles. The van der Waals surface area contributed by atoms with E-state index in [2.05, 4.69) is 32.9 Å². The Bertz CT molecular complexity index is 197. The molecule has 3 heteroatoms. The molecule has 0 spiro atoms. The summed E-state index contributed by atoms with van der Waals surface area (Å²) in [6.07, 6.45) is 7.06. The fourth-order valence-corrected chi connectivity index (χ4v) is 1.26. The van der Waals surface area contributed by atoms with Crippen LogP contribution in [0.1, 0.15) is 33.6 Å². The van der Waals surface area contributed by atoms with Gasteiger partial charge in [-0.05, 0) is 13.3 Å². The average Bonchev–Trinajstić information content (AvgIpc) is 2.33. The zero-order valence-electron chi connectivity index (χ0n) is 8.32. The Morgan fingerprint density at radius 1 is 1.23 bits per heavy atom. The van der Waals surface area contributed by atoms with Crippen LogP contribution >= 0.6 is 17.0 Å². The van der Waals surface area contributed by atoms with Crippen LogP contribution in [0.5, 0.6) is 0 Å². The second-order valence-electron chi connectivity index (χ2n) is 3.05. The van der Waals surface area contributed by atoms with E-state index in [0.29, 0.717) is 0 Å². The van der Waals surface area contributed by atoms with Crippen LogP contribution in [0, 0.1) is 5.92 Å². The maximum atomic E-state index is 4.93. The first-order chi connectivity index (χ1) is 6.15. The van der Waals surface area contributed by atoms with Crippen molar-refractivity contribution >= 4 is 17.0 Å². The third kappa shape index (κ3) is 6.10. The van der Waals surface area contributed by atoms with Crippen molar-refractivity contribution in [1.29, 1.82) is 0 Å². The van der Waals surface area contributed by atoms with Gasteiger partial charge in [0.2, 0.25) is 0 Å². The van der Waals surface area contributed by atoms with Gasteiger partial charge in [0.25, 0.3) is 0 Å². The molecular weight excluding hydrogens is 282 g/mol. The molecule has 1 rings (SSSR count). The van der Waals surface area contributed by atoms with Crippen LogP contribution < -0.4 is 0 Å². The maximum absolute atomic E-state index is 4.93. The third-order valence-corrected chi connectivity index (χ3v) is 1.96. The van der Waals surface area contributed by atoms with E-state index in [1.165, 1.54) is 29.9 Å². The molecule has 1 radical (unpaired) electrons. The molecule has 0 heterocycles. The number of halogens is 2. The molecular formula is C10H15Cl2Zr. The van der Waals surface area contributed by atoms with Gasteiger partial charge in [0.05, 0.1) is 0 Å². The molecule has 0 saturated heterocycles. The van der Waals surface area contributed by atoms with E-state index in [1.807, 2.05) is 0 Å². The zero-order chi connectivity index (χ0) is 10.3. The van der Waals surface area contributed by atoms with E-state index in [4.69, 9.17) is 17.0 Å². The molecule has 0 amide bonds. The molecule has 0 saturated carbocycles. The monoisotopic (exact) mass is 295 g/mol. The topological polar surface area (TPSA) is 0 Å². The van der Waals surface area contributed by atoms with Gasteiger partial charge in [-0.1, -0.05) is 43.6 Å². The molecule has 0 atom stereocenters. The normalized spacial score (nSPS) is 15.8. The van der Waals surface area contributed by atoms with Crippen LogP contribution in [-0.4, -0.2) is 0 Å². The van der Waals surface area contributed by atoms with Crippen molar-refractivity contribution in [2.45, 2.75) is 33.6 Å². The first-order valence-electron chi connectivity index (χ1n) is 4.34. The minimum atomic E-state index is -0.826. The molecule has 0 N–H and O–H groups in total. The third-order valence-electron chi connectivity index (χ3n) is 1.96. The van der Waals surface area contributed by atoms with Crippen LogP contribution in [0.4, 0.5) is 0 Å². The van der Waals surface area contributed by atoms with Crippen LogP contribution in [0.25, 0.3) is 0 Å². The summed E-state index contributed by atoms with van der Waals surface area (Å²) in [5.41, 5.74) is 2.93. The fraction of sp³-hybridized carbons (Fsp3) is 0.500. The van der Waals surface area contributed by atoms with Crippen molar-refractivity contribution in [3.63, 3.8) is 0 Å². The predicted octanol–water partition coefficient (Wildman–Crippen LogP) is 4.64. The van der Waals surface area contributed by atoms with Crippen molar-refractivity contribution in [2.75, 3.05) is 0 Å². The Balaban J connectivity index is 0.000000424. The zero-order valence-corrected chi connectivity index (χ0v) is 12.3. The van der Waals surface area contributed by atoms with Gasteiger partial charge < -0.3 is 0 Å². The number of hydrogen-bond donors (Lipinski definition) is 0. The second kappa shape index (κ2) is 8.27. The van der Waals surface area contributed by atoms with Crippen molar-refractivity contribution in [3.8, 4) is 0 Å². The summed E-state index contributed by atoms with van der Waals surface area (Å²) in [4.78, 5) is 0. The number of allylic oxidation sites excluding steroid dienone is 4. The predicted molar refractivity (Wildman–Crippen MR) is 57.4 cm³/mol. The quantitative estimate of drug-likeness (QED) is 0.696. The van der Waals surface area contributed by atoms with Gasteiger partial charge in [0.15, 0.2) is 0 Å². The van der Waals surface area contributed by atoms with Gasteiger partial charge in [-0.2, -0.15) is 0 Å². The molecule has 0 aromatic rings. The van der Waals surface area contributed by atoms with Crippen molar-refractivity contribution in [1.82, 2.24) is 0 Å². The molecule has 0 aromatic heterocycles. The molecule has 0 fully saturated rings. The summed E-state index contributed by atoms with van der Waals surface area (Å²) < 4.78 is 0. The van der Waals surface area contributed by atoms with E-state index >= 15 is 0 Å². The molecule has 1 aliphatic rings. The standard InChI is InChI=1S/C10H15.2ClH.Zr/c1-4-5-10-6-8(2)9(3)7-10;;;/h6-7H,4-5H2,1-3H3;2*1H;/q;;;+2/p-2. The van der Waals surface area contributed by atoms with E-state index in [0.717, 1.165) is 0 Å². The molecule has 73 valence electrons. The Hall–Kier alpha value is 0.943. The summed E-state index contributed by atoms with van der Waals surface area (Å²) in [5.74, 6) is 1.43. The Morgan fingerprint density at radius 2 is 1.77 bits per heavy atom. The first-order valence-corrected chi connectivity index (χ1v) is 10.7. The Labute approximate surface area is 100 Å². The van der Waals surface area contributed by atoms with Crippen molar-refractivity contribution in [3.05, 3.63) is 29.2 Å². The summed E-state index contributed by atoms with van der Waals surface area (Å²) in [6.45, 7) is 6.57. The van der Waals surface area contributed by atoms with Crippen LogP contribution in [0.15, 0.2) is 23.3 Å². The van der Waals surface area contributed by atoms with Crippen LogP contribution in [-0.2, 0) is 20.8 Å². The number of hydrogen-bond acceptors (Lipinski definition) is 0. The van der Waals surface area contributed by atoms with Gasteiger partial charge in [0, 0.05) is 5.92 Å². The van der Waals surface area contributed by atoms with Crippen LogP contribution in [0.3, 0.4) is 0 Å². The van der Waals surface area contributed by atoms with E-state index < -0.39 is 20.8 Å². The number of rotatable bonds is 2. The van der Waals surface area contributed by atoms with Crippen molar-refractivity contribution in [2.24, 2.45) is 0 Å². The summed E-state index contributed by atoms with van der Waals surface area (Å²) in [5, 5.41) is 0. The molecule has 0 bridgehead atoms. The van der Waals surface area contributed by atoms with E-state index in [1.54, 1.807) is 0 Å². The Kier molecular flexibility index (Phi) is 8.87. The Morgan fingerprint density at radius 3 is 2.08 bits per heavy atom. The summed E-state index contributed by atoms with van der Waals surface area (Å²) >= 11 is -0.826. The van der Waals surface area contributed by atoms with Crippen molar-refractivity contribution < 1.29 is 20.8 Å². The molecule has 0 unspecified atom stereocenters. The minimum absolute atomic E-state index is 0.826. The van der Waals surface area contributed by atoms with Gasteiger partial charge in [-0.15, -0.1) is 0 Å². The van der Waals surface area contributed by atoms with E-state index in [-0.39, 0.29) is 0 Å². The summed E-state index contributed by atoms with van der Waals surface area (Å²) in [7, 11) is 9.87. The molecule has 13 heavy (non-hydrogen) atoms. The van der Waals surface area contributed by atoms with Gasteiger partial charge in [-0.3, -0.25) is 0 Å². The molecule has 0 nitrogen and oxygen atoms in total. The van der Waals surface area contributed by atoms with Crippen LogP contribution in [0.2, 0.25) is 0 Å². The SMILES string of the molecule is CCCC1=C[C](C)C(C)=C1.[Cl][Zr][Cl]. The van der Waals surface area contributed by atoms with Gasteiger partial charge >= 0.3 is 37.9 Å². The summed E-state index contributed by atoms with van der Waals surface area (Å²) in [6, 6.07) is 0. The van der Waals surface area contributed by atoms with Gasteiger partial charge in [-0.25, -0.2) is 0 Å². The van der Waals surface area contributed by atoms with E-state index in [9.17, 15) is 0 Å².